The van der Waals surface area contributed by atoms with Gasteiger partial charge in [0.25, 0.3) is 0 Å². The normalized spacial score (nSPS) is 44.5. The van der Waals surface area contributed by atoms with Gasteiger partial charge < -0.3 is 10.2 Å². The maximum absolute atomic E-state index is 11.7. The lowest BCUT2D eigenvalue weighted by molar-refractivity contribution is -0.255. The zero-order valence-corrected chi connectivity index (χ0v) is 19.2. The zero-order valence-electron chi connectivity index (χ0n) is 16.2. The summed E-state index contributed by atoms with van der Waals surface area (Å²) < 4.78 is 0. The quantitative estimate of drug-likeness (QED) is 0.626. The number of hydrogen-bond donors (Lipinski definition) is 2. The fourth-order valence-electron chi connectivity index (χ4n) is 5.79. The van der Waals surface area contributed by atoms with E-state index in [1.807, 2.05) is 0 Å². The topological polar surface area (TPSA) is 40.5 Å². The van der Waals surface area contributed by atoms with Crippen molar-refractivity contribution < 1.29 is 10.2 Å². The van der Waals surface area contributed by atoms with Gasteiger partial charge in [-0.05, 0) is 49.9 Å². The first-order valence-electron chi connectivity index (χ1n) is 8.85. The van der Waals surface area contributed by atoms with Crippen molar-refractivity contribution in [2.45, 2.75) is 77.9 Å². The Bertz CT molecular complexity index is 533. The summed E-state index contributed by atoms with van der Waals surface area (Å²) in [7, 11) is 0. The van der Waals surface area contributed by atoms with Gasteiger partial charge in [0.05, 0.1) is 11.7 Å². The summed E-state index contributed by atoms with van der Waals surface area (Å²) in [6.07, 6.45) is 9.55. The summed E-state index contributed by atoms with van der Waals surface area (Å²) >= 11 is 0. The molecular weight excluding hydrogens is 368 g/mol. The minimum atomic E-state index is -0.776. The van der Waals surface area contributed by atoms with E-state index in [0.29, 0.717) is 5.92 Å². The number of allylic oxidation sites excluding steroid dienone is 3. The molecule has 3 rings (SSSR count). The van der Waals surface area contributed by atoms with Crippen molar-refractivity contribution >= 4 is 40.5 Å². The highest BCUT2D eigenvalue weighted by atomic mass is 32.1. The Morgan fingerprint density at radius 2 is 1.64 bits per heavy atom. The number of aliphatic hydroxyl groups is 2. The van der Waals surface area contributed by atoms with Crippen LogP contribution in [-0.2, 0) is 0 Å². The van der Waals surface area contributed by atoms with E-state index < -0.39 is 17.1 Å². The molecule has 0 bridgehead atoms. The van der Waals surface area contributed by atoms with E-state index in [4.69, 9.17) is 0 Å². The van der Waals surface area contributed by atoms with E-state index in [9.17, 15) is 10.2 Å². The number of aliphatic hydroxyl groups excluding tert-OH is 1. The van der Waals surface area contributed by atoms with Crippen LogP contribution in [0.4, 0.5) is 0 Å². The second-order valence-electron chi connectivity index (χ2n) is 9.10. The fraction of sp³-hybridized carbons (Fsp3) is 0.800. The molecule has 2 fully saturated rings. The van der Waals surface area contributed by atoms with Crippen LogP contribution in [0.15, 0.2) is 24.3 Å². The number of rotatable bonds is 1. The molecule has 25 heavy (non-hydrogen) atoms. The Morgan fingerprint density at radius 1 is 1.04 bits per heavy atom. The molecule has 2 N–H and O–H groups in total. The van der Waals surface area contributed by atoms with Crippen LogP contribution in [0, 0.1) is 22.2 Å². The highest BCUT2D eigenvalue weighted by molar-refractivity contribution is 7.59. The van der Waals surface area contributed by atoms with Crippen molar-refractivity contribution in [3.05, 3.63) is 24.3 Å². The smallest absolute Gasteiger partial charge is 0.0785 e. The molecule has 3 aliphatic rings. The van der Waals surface area contributed by atoms with Gasteiger partial charge in [-0.15, -0.1) is 6.58 Å². The van der Waals surface area contributed by atoms with Gasteiger partial charge in [-0.2, -0.15) is 40.5 Å². The molecule has 0 heterocycles. The van der Waals surface area contributed by atoms with E-state index >= 15 is 0 Å². The Labute approximate surface area is 174 Å². The third-order valence-corrected chi connectivity index (χ3v) is 7.65. The van der Waals surface area contributed by atoms with Crippen LogP contribution in [0.25, 0.3) is 0 Å². The van der Waals surface area contributed by atoms with Crippen molar-refractivity contribution in [1.82, 2.24) is 0 Å². The van der Waals surface area contributed by atoms with Crippen LogP contribution < -0.4 is 0 Å². The minimum Gasteiger partial charge on any atom is -0.392 e. The molecule has 0 aromatic heterocycles. The summed E-state index contributed by atoms with van der Waals surface area (Å²) in [4.78, 5) is 0. The first-order valence-corrected chi connectivity index (χ1v) is 8.85. The van der Waals surface area contributed by atoms with Gasteiger partial charge in [0.2, 0.25) is 0 Å². The van der Waals surface area contributed by atoms with Gasteiger partial charge in [-0.3, -0.25) is 0 Å². The minimum absolute atomic E-state index is 0. The summed E-state index contributed by atoms with van der Waals surface area (Å²) in [5, 5.41) is 22.5. The summed E-state index contributed by atoms with van der Waals surface area (Å²) in [6, 6.07) is 0. The Balaban J connectivity index is 0.00000192. The molecular formula is C20H38O2S3. The lowest BCUT2D eigenvalue weighted by Crippen LogP contribution is -2.69. The lowest BCUT2D eigenvalue weighted by Gasteiger charge is -2.66. The van der Waals surface area contributed by atoms with Crippen LogP contribution in [0.1, 0.15) is 66.2 Å². The Kier molecular flexibility index (Phi) is 7.97. The molecule has 0 amide bonds. The number of fused-ring (bicyclic) bond motifs is 3. The standard InChI is InChI=1S/C20H32O2.3H2S/c1-6-18(4)11-8-15-14(13-18)7-12-20(22)17(2,3)10-9-16(21)19(15,20)5;;;/h6,13,15-16,21-22H,1,7-12H2,2-5H3;3*1H2/t15-,16-,18-,19-,20+;;;/m0.../s1. The van der Waals surface area contributed by atoms with Gasteiger partial charge in [0.1, 0.15) is 0 Å². The molecule has 0 aromatic carbocycles. The van der Waals surface area contributed by atoms with E-state index in [1.165, 1.54) is 5.57 Å². The summed E-state index contributed by atoms with van der Waals surface area (Å²) in [6.45, 7) is 12.8. The van der Waals surface area contributed by atoms with Gasteiger partial charge in [-0.25, -0.2) is 0 Å². The average molecular weight is 407 g/mol. The van der Waals surface area contributed by atoms with Gasteiger partial charge in [0.15, 0.2) is 0 Å². The van der Waals surface area contributed by atoms with Crippen LogP contribution in [0.3, 0.4) is 0 Å². The predicted molar refractivity (Wildman–Crippen MR) is 122 cm³/mol. The Hall–Kier alpha value is 0.450. The van der Waals surface area contributed by atoms with E-state index in [0.717, 1.165) is 38.5 Å². The zero-order chi connectivity index (χ0) is 16.4. The van der Waals surface area contributed by atoms with Crippen molar-refractivity contribution in [3.63, 3.8) is 0 Å². The van der Waals surface area contributed by atoms with E-state index in [1.54, 1.807) is 0 Å². The average Bonchev–Trinajstić information content (AvgIpc) is 2.47. The molecule has 2 saturated carbocycles. The van der Waals surface area contributed by atoms with E-state index in [-0.39, 0.29) is 51.3 Å². The molecule has 0 radical (unpaired) electrons. The summed E-state index contributed by atoms with van der Waals surface area (Å²) in [5.74, 6) is 0.300. The molecule has 0 saturated heterocycles. The number of hydrogen-bond acceptors (Lipinski definition) is 2. The third kappa shape index (κ3) is 3.37. The monoisotopic (exact) mass is 406 g/mol. The van der Waals surface area contributed by atoms with Gasteiger partial charge in [-0.1, -0.05) is 45.4 Å². The largest absolute Gasteiger partial charge is 0.392 e. The lowest BCUT2D eigenvalue weighted by atomic mass is 9.42. The van der Waals surface area contributed by atoms with Crippen LogP contribution in [0.5, 0.6) is 0 Å². The molecule has 0 unspecified atom stereocenters. The van der Waals surface area contributed by atoms with Crippen molar-refractivity contribution in [2.24, 2.45) is 22.2 Å². The van der Waals surface area contributed by atoms with Crippen LogP contribution in [0.2, 0.25) is 0 Å². The first-order chi connectivity index (χ1) is 10.1. The highest BCUT2D eigenvalue weighted by Gasteiger charge is 2.66. The fourth-order valence-corrected chi connectivity index (χ4v) is 5.79. The van der Waals surface area contributed by atoms with Gasteiger partial charge >= 0.3 is 0 Å². The van der Waals surface area contributed by atoms with Crippen molar-refractivity contribution in [2.75, 3.05) is 0 Å². The Morgan fingerprint density at radius 3 is 2.20 bits per heavy atom. The predicted octanol–water partition coefficient (Wildman–Crippen LogP) is 4.57. The third-order valence-electron chi connectivity index (χ3n) is 7.65. The first kappa shape index (κ1) is 25.4. The van der Waals surface area contributed by atoms with Crippen molar-refractivity contribution in [1.29, 1.82) is 0 Å². The molecule has 5 atom stereocenters. The maximum Gasteiger partial charge on any atom is 0.0785 e. The van der Waals surface area contributed by atoms with Crippen LogP contribution >= 0.6 is 40.5 Å². The van der Waals surface area contributed by atoms with E-state index in [2.05, 4.69) is 46.4 Å². The van der Waals surface area contributed by atoms with Gasteiger partial charge in [0, 0.05) is 10.8 Å². The molecule has 0 aliphatic heterocycles. The molecule has 148 valence electrons. The van der Waals surface area contributed by atoms with Crippen LogP contribution in [-0.4, -0.2) is 21.9 Å². The second kappa shape index (κ2) is 7.83. The summed E-state index contributed by atoms with van der Waals surface area (Å²) in [5.41, 5.74) is 0.180. The van der Waals surface area contributed by atoms with Crippen molar-refractivity contribution in [3.8, 4) is 0 Å². The molecule has 0 aromatic rings. The molecule has 5 heteroatoms. The SMILES string of the molecule is C=C[C@]1(C)C=C2CC[C@@]3(O)C(C)(C)CC[C@H](O)[C@]3(C)[C@H]2CC1.S.S.S. The molecule has 3 aliphatic carbocycles. The molecule has 0 spiro atoms. The molecule has 2 nitrogen and oxygen atoms in total. The maximum atomic E-state index is 11.7. The highest BCUT2D eigenvalue weighted by Crippen LogP contribution is 2.65. The second-order valence-corrected chi connectivity index (χ2v) is 9.10.